The maximum absolute atomic E-state index is 12.5. The van der Waals surface area contributed by atoms with Gasteiger partial charge in [-0.3, -0.25) is 4.79 Å². The van der Waals surface area contributed by atoms with E-state index in [0.29, 0.717) is 17.6 Å². The summed E-state index contributed by atoms with van der Waals surface area (Å²) in [5.41, 5.74) is 0.826. The van der Waals surface area contributed by atoms with Crippen LogP contribution in [0.4, 0.5) is 19.0 Å². The van der Waals surface area contributed by atoms with Crippen molar-refractivity contribution >= 4 is 11.7 Å². The fraction of sp³-hybridized carbons (Fsp3) is 0.450. The smallest absolute Gasteiger partial charge is 0.422 e. The Balaban J connectivity index is 2.05. The number of pyridine rings is 2. The number of aromatic nitrogens is 2. The van der Waals surface area contributed by atoms with Gasteiger partial charge in [0.2, 0.25) is 5.88 Å². The average molecular weight is 426 g/mol. The summed E-state index contributed by atoms with van der Waals surface area (Å²) in [5.74, 6) is 0.911. The Labute approximate surface area is 173 Å². The van der Waals surface area contributed by atoms with E-state index in [4.69, 9.17) is 4.74 Å². The van der Waals surface area contributed by atoms with Gasteiger partial charge in [-0.15, -0.1) is 0 Å². The van der Waals surface area contributed by atoms with E-state index in [9.17, 15) is 18.0 Å². The monoisotopic (exact) mass is 426 g/mol. The number of carbonyl (C=O) groups excluding carboxylic acids is 1. The first-order valence-corrected chi connectivity index (χ1v) is 9.33. The van der Waals surface area contributed by atoms with Crippen LogP contribution in [-0.2, 0) is 0 Å². The number of nitrogens with zero attached hydrogens (tertiary/aromatic N) is 2. The second-order valence-corrected chi connectivity index (χ2v) is 7.08. The van der Waals surface area contributed by atoms with Gasteiger partial charge in [0.1, 0.15) is 17.3 Å². The lowest BCUT2D eigenvalue weighted by molar-refractivity contribution is -0.153. The lowest BCUT2D eigenvalue weighted by Gasteiger charge is -2.17. The van der Waals surface area contributed by atoms with Crippen LogP contribution in [0.5, 0.6) is 11.6 Å². The molecule has 2 rings (SSSR count). The van der Waals surface area contributed by atoms with Gasteiger partial charge in [-0.25, -0.2) is 4.98 Å². The van der Waals surface area contributed by atoms with Crippen molar-refractivity contribution in [1.29, 1.82) is 0 Å². The standard InChI is InChI=1S/C20H25F3N4O3/c1-12(2)9-25-17-7-14(8-18(27-17)29-4)13(3)26-19(28)16-6-5-15(10-24-16)30-11-20(21,22)23/h5-8,10,12-13H,9,11H2,1-4H3,(H,25,27)(H,26,28). The quantitative estimate of drug-likeness (QED) is 0.631. The van der Waals surface area contributed by atoms with Crippen molar-refractivity contribution in [2.45, 2.75) is 33.0 Å². The van der Waals surface area contributed by atoms with Gasteiger partial charge in [0.05, 0.1) is 19.3 Å². The first-order valence-electron chi connectivity index (χ1n) is 9.33. The summed E-state index contributed by atoms with van der Waals surface area (Å²) in [4.78, 5) is 20.7. The molecule has 164 valence electrons. The van der Waals surface area contributed by atoms with Crippen molar-refractivity contribution in [3.05, 3.63) is 41.7 Å². The molecule has 7 nitrogen and oxygen atoms in total. The molecule has 10 heteroatoms. The number of amides is 1. The van der Waals surface area contributed by atoms with E-state index < -0.39 is 24.7 Å². The van der Waals surface area contributed by atoms with Gasteiger partial charge in [-0.2, -0.15) is 18.2 Å². The summed E-state index contributed by atoms with van der Waals surface area (Å²) in [5, 5.41) is 6.02. The molecule has 0 aliphatic heterocycles. The zero-order chi connectivity index (χ0) is 22.3. The fourth-order valence-corrected chi connectivity index (χ4v) is 2.40. The van der Waals surface area contributed by atoms with Crippen LogP contribution in [0.3, 0.4) is 0 Å². The van der Waals surface area contributed by atoms with E-state index in [1.54, 1.807) is 13.0 Å². The van der Waals surface area contributed by atoms with Crippen molar-refractivity contribution in [1.82, 2.24) is 15.3 Å². The molecule has 0 saturated heterocycles. The lowest BCUT2D eigenvalue weighted by atomic mass is 10.1. The van der Waals surface area contributed by atoms with E-state index in [0.717, 1.165) is 18.3 Å². The molecule has 0 saturated carbocycles. The predicted octanol–water partition coefficient (Wildman–Crippen LogP) is 3.99. The number of hydrogen-bond donors (Lipinski definition) is 2. The molecular formula is C20H25F3N4O3. The van der Waals surface area contributed by atoms with Gasteiger partial charge in [0, 0.05) is 12.6 Å². The molecule has 1 atom stereocenters. The highest BCUT2D eigenvalue weighted by Crippen LogP contribution is 2.22. The van der Waals surface area contributed by atoms with E-state index in [1.807, 2.05) is 6.07 Å². The number of halogens is 3. The van der Waals surface area contributed by atoms with Crippen LogP contribution in [0.15, 0.2) is 30.5 Å². The van der Waals surface area contributed by atoms with Crippen molar-refractivity contribution in [2.24, 2.45) is 5.92 Å². The third-order valence-corrected chi connectivity index (χ3v) is 3.94. The first-order chi connectivity index (χ1) is 14.1. The van der Waals surface area contributed by atoms with Crippen LogP contribution in [0.2, 0.25) is 0 Å². The number of rotatable bonds is 9. The topological polar surface area (TPSA) is 85.4 Å². The summed E-state index contributed by atoms with van der Waals surface area (Å²) < 4.78 is 46.4. The molecule has 2 heterocycles. The van der Waals surface area contributed by atoms with E-state index in [1.165, 1.54) is 19.2 Å². The van der Waals surface area contributed by atoms with Gasteiger partial charge in [-0.05, 0) is 36.6 Å². The number of hydrogen-bond acceptors (Lipinski definition) is 6. The molecule has 2 aromatic rings. The Kier molecular flexibility index (Phi) is 7.85. The zero-order valence-corrected chi connectivity index (χ0v) is 17.2. The number of methoxy groups -OCH3 is 1. The average Bonchev–Trinajstić information content (AvgIpc) is 2.70. The molecule has 2 aromatic heterocycles. The highest BCUT2D eigenvalue weighted by molar-refractivity contribution is 5.92. The Bertz CT molecular complexity index is 842. The van der Waals surface area contributed by atoms with Crippen molar-refractivity contribution in [3.63, 3.8) is 0 Å². The van der Waals surface area contributed by atoms with Gasteiger partial charge < -0.3 is 20.1 Å². The fourth-order valence-electron chi connectivity index (χ4n) is 2.40. The summed E-state index contributed by atoms with van der Waals surface area (Å²) in [7, 11) is 1.51. The third-order valence-electron chi connectivity index (χ3n) is 3.94. The Morgan fingerprint density at radius 2 is 1.93 bits per heavy atom. The maximum Gasteiger partial charge on any atom is 0.422 e. The van der Waals surface area contributed by atoms with Gasteiger partial charge in [-0.1, -0.05) is 13.8 Å². The minimum atomic E-state index is -4.44. The molecule has 0 spiro atoms. The highest BCUT2D eigenvalue weighted by Gasteiger charge is 2.28. The molecule has 1 unspecified atom stereocenters. The molecule has 0 radical (unpaired) electrons. The minimum absolute atomic E-state index is 0.0559. The normalized spacial score (nSPS) is 12.4. The molecule has 0 aliphatic rings. The molecule has 0 aliphatic carbocycles. The van der Waals surface area contributed by atoms with Crippen LogP contribution in [0.25, 0.3) is 0 Å². The molecule has 0 aromatic carbocycles. The lowest BCUT2D eigenvalue weighted by Crippen LogP contribution is -2.27. The molecule has 0 fully saturated rings. The van der Waals surface area contributed by atoms with Crippen LogP contribution in [0, 0.1) is 5.92 Å². The molecule has 1 amide bonds. The zero-order valence-electron chi connectivity index (χ0n) is 17.2. The van der Waals surface area contributed by atoms with E-state index in [2.05, 4.69) is 39.2 Å². The summed E-state index contributed by atoms with van der Waals surface area (Å²) in [6.45, 7) is 5.24. The summed E-state index contributed by atoms with van der Waals surface area (Å²) in [6.07, 6.45) is -3.37. The molecule has 30 heavy (non-hydrogen) atoms. The van der Waals surface area contributed by atoms with Crippen LogP contribution >= 0.6 is 0 Å². The maximum atomic E-state index is 12.5. The molecular weight excluding hydrogens is 401 g/mol. The first kappa shape index (κ1) is 23.2. The highest BCUT2D eigenvalue weighted by atomic mass is 19.4. The summed E-state index contributed by atoms with van der Waals surface area (Å²) >= 11 is 0. The Morgan fingerprint density at radius 3 is 2.50 bits per heavy atom. The second kappa shape index (κ2) is 10.1. The van der Waals surface area contributed by atoms with E-state index >= 15 is 0 Å². The SMILES string of the molecule is COc1cc(C(C)NC(=O)c2ccc(OCC(F)(F)F)cn2)cc(NCC(C)C)n1. The van der Waals surface area contributed by atoms with Gasteiger partial charge >= 0.3 is 6.18 Å². The number of carbonyl (C=O) groups is 1. The Hall–Kier alpha value is -3.04. The van der Waals surface area contributed by atoms with Gasteiger partial charge in [0.25, 0.3) is 5.91 Å². The van der Waals surface area contributed by atoms with Crippen LogP contribution in [0.1, 0.15) is 42.9 Å². The predicted molar refractivity (Wildman–Crippen MR) is 106 cm³/mol. The number of ether oxygens (including phenoxy) is 2. The third kappa shape index (κ3) is 7.41. The van der Waals surface area contributed by atoms with E-state index in [-0.39, 0.29) is 11.4 Å². The molecule has 2 N–H and O–H groups in total. The molecule has 0 bridgehead atoms. The van der Waals surface area contributed by atoms with Crippen molar-refractivity contribution in [3.8, 4) is 11.6 Å². The number of nitrogens with one attached hydrogen (secondary N) is 2. The van der Waals surface area contributed by atoms with Crippen molar-refractivity contribution < 1.29 is 27.4 Å². The number of alkyl halides is 3. The van der Waals surface area contributed by atoms with Crippen molar-refractivity contribution in [2.75, 3.05) is 25.6 Å². The second-order valence-electron chi connectivity index (χ2n) is 7.08. The van der Waals surface area contributed by atoms with Crippen LogP contribution in [-0.4, -0.2) is 42.3 Å². The largest absolute Gasteiger partial charge is 0.483 e. The van der Waals surface area contributed by atoms with Gasteiger partial charge in [0.15, 0.2) is 6.61 Å². The van der Waals surface area contributed by atoms with Crippen LogP contribution < -0.4 is 20.1 Å². The number of anilines is 1. The Morgan fingerprint density at radius 1 is 1.20 bits per heavy atom. The minimum Gasteiger partial charge on any atom is -0.483 e. The summed E-state index contributed by atoms with van der Waals surface area (Å²) in [6, 6.07) is 5.71.